The summed E-state index contributed by atoms with van der Waals surface area (Å²) in [6.07, 6.45) is 6.66. The molecule has 0 aromatic carbocycles. The van der Waals surface area contributed by atoms with E-state index in [2.05, 4.69) is 12.2 Å². The van der Waals surface area contributed by atoms with Gasteiger partial charge in [0.05, 0.1) is 12.0 Å². The summed E-state index contributed by atoms with van der Waals surface area (Å²) >= 11 is 0. The van der Waals surface area contributed by atoms with E-state index in [-0.39, 0.29) is 12.5 Å². The second kappa shape index (κ2) is 3.78. The van der Waals surface area contributed by atoms with Gasteiger partial charge in [-0.3, -0.25) is 4.79 Å². The molecule has 0 spiro atoms. The molecule has 0 bridgehead atoms. The van der Waals surface area contributed by atoms with E-state index < -0.39 is 5.41 Å². The van der Waals surface area contributed by atoms with Crippen molar-refractivity contribution in [3.63, 3.8) is 0 Å². The molecule has 2 fully saturated rings. The maximum Gasteiger partial charge on any atom is 0.228 e. The van der Waals surface area contributed by atoms with Crippen molar-refractivity contribution >= 4 is 5.91 Å². The van der Waals surface area contributed by atoms with Crippen molar-refractivity contribution in [1.82, 2.24) is 5.32 Å². The molecule has 2 saturated carbocycles. The Hall–Kier alpha value is -0.570. The standard InChI is InChI=1S/C12H21NO2/c1-2-11(4-3-5-11)8-13-10(15)12(9-14)6-7-12/h14H,2-9H2,1H3,(H,13,15). The predicted molar refractivity (Wildman–Crippen MR) is 58.3 cm³/mol. The zero-order valence-electron chi connectivity index (χ0n) is 9.51. The molecule has 2 N–H and O–H groups in total. The zero-order chi connectivity index (χ0) is 10.9. The summed E-state index contributed by atoms with van der Waals surface area (Å²) in [5.74, 6) is 0.0738. The fourth-order valence-corrected chi connectivity index (χ4v) is 2.40. The van der Waals surface area contributed by atoms with Gasteiger partial charge in [-0.1, -0.05) is 13.3 Å². The third-order valence-corrected chi connectivity index (χ3v) is 4.43. The van der Waals surface area contributed by atoms with E-state index >= 15 is 0 Å². The van der Waals surface area contributed by atoms with E-state index in [1.54, 1.807) is 0 Å². The first-order valence-electron chi connectivity index (χ1n) is 6.06. The van der Waals surface area contributed by atoms with E-state index in [0.29, 0.717) is 5.41 Å². The number of carbonyl (C=O) groups excluding carboxylic acids is 1. The molecular formula is C12H21NO2. The van der Waals surface area contributed by atoms with Gasteiger partial charge in [-0.25, -0.2) is 0 Å². The SMILES string of the molecule is CCC1(CNC(=O)C2(CO)CC2)CCC1. The van der Waals surface area contributed by atoms with E-state index in [4.69, 9.17) is 5.11 Å². The lowest BCUT2D eigenvalue weighted by molar-refractivity contribution is -0.128. The van der Waals surface area contributed by atoms with E-state index in [9.17, 15) is 4.79 Å². The van der Waals surface area contributed by atoms with Gasteiger partial charge in [-0.15, -0.1) is 0 Å². The fourth-order valence-electron chi connectivity index (χ4n) is 2.40. The lowest BCUT2D eigenvalue weighted by atomic mass is 9.67. The van der Waals surface area contributed by atoms with E-state index in [1.165, 1.54) is 19.3 Å². The van der Waals surface area contributed by atoms with Gasteiger partial charge < -0.3 is 10.4 Å². The minimum Gasteiger partial charge on any atom is -0.395 e. The number of aliphatic hydroxyl groups is 1. The van der Waals surface area contributed by atoms with Crippen LogP contribution in [0.4, 0.5) is 0 Å². The monoisotopic (exact) mass is 211 g/mol. The van der Waals surface area contributed by atoms with Crippen LogP contribution in [0, 0.1) is 10.8 Å². The maximum absolute atomic E-state index is 11.8. The molecule has 0 heterocycles. The summed E-state index contributed by atoms with van der Waals surface area (Å²) in [7, 11) is 0. The molecule has 0 atom stereocenters. The Labute approximate surface area is 91.2 Å². The van der Waals surface area contributed by atoms with Gasteiger partial charge in [-0.05, 0) is 37.5 Å². The van der Waals surface area contributed by atoms with Crippen molar-refractivity contribution in [2.45, 2.75) is 45.4 Å². The molecule has 0 unspecified atom stereocenters. The molecule has 0 saturated heterocycles. The molecule has 2 aliphatic rings. The van der Waals surface area contributed by atoms with Crippen LogP contribution in [0.5, 0.6) is 0 Å². The summed E-state index contributed by atoms with van der Waals surface area (Å²) < 4.78 is 0. The number of nitrogens with one attached hydrogen (secondary N) is 1. The summed E-state index contributed by atoms with van der Waals surface area (Å²) in [4.78, 5) is 11.8. The molecule has 0 aromatic heterocycles. The molecule has 0 aromatic rings. The molecule has 86 valence electrons. The normalized spacial score (nSPS) is 25.5. The molecule has 0 radical (unpaired) electrons. The Morgan fingerprint density at radius 3 is 2.33 bits per heavy atom. The first kappa shape index (κ1) is 10.9. The Bertz CT molecular complexity index is 249. The van der Waals surface area contributed by atoms with Gasteiger partial charge in [0.25, 0.3) is 0 Å². The van der Waals surface area contributed by atoms with Gasteiger partial charge in [-0.2, -0.15) is 0 Å². The Kier molecular flexibility index (Phi) is 2.75. The van der Waals surface area contributed by atoms with E-state index in [0.717, 1.165) is 25.8 Å². The molecule has 2 aliphatic carbocycles. The van der Waals surface area contributed by atoms with Crippen molar-refractivity contribution in [3.8, 4) is 0 Å². The molecular weight excluding hydrogens is 190 g/mol. The number of amides is 1. The van der Waals surface area contributed by atoms with Crippen LogP contribution in [0.1, 0.15) is 45.4 Å². The molecule has 0 aliphatic heterocycles. The Balaban J connectivity index is 1.80. The van der Waals surface area contributed by atoms with Crippen molar-refractivity contribution < 1.29 is 9.90 Å². The first-order valence-corrected chi connectivity index (χ1v) is 6.06. The third-order valence-electron chi connectivity index (χ3n) is 4.43. The minimum atomic E-state index is -0.404. The second-order valence-corrected chi connectivity index (χ2v) is 5.33. The van der Waals surface area contributed by atoms with Crippen LogP contribution in [-0.2, 0) is 4.79 Å². The van der Waals surface area contributed by atoms with Crippen molar-refractivity contribution in [3.05, 3.63) is 0 Å². The number of carbonyl (C=O) groups is 1. The van der Waals surface area contributed by atoms with Gasteiger partial charge >= 0.3 is 0 Å². The van der Waals surface area contributed by atoms with Crippen LogP contribution in [0.15, 0.2) is 0 Å². The fraction of sp³-hybridized carbons (Fsp3) is 0.917. The highest BCUT2D eigenvalue weighted by molar-refractivity contribution is 5.85. The highest BCUT2D eigenvalue weighted by atomic mass is 16.3. The van der Waals surface area contributed by atoms with Gasteiger partial charge in [0.15, 0.2) is 0 Å². The third kappa shape index (κ3) is 1.89. The summed E-state index contributed by atoms with van der Waals surface area (Å²) in [6, 6.07) is 0. The van der Waals surface area contributed by atoms with Crippen LogP contribution in [0.3, 0.4) is 0 Å². The Morgan fingerprint density at radius 1 is 1.33 bits per heavy atom. The zero-order valence-corrected chi connectivity index (χ0v) is 9.51. The number of hydrogen-bond donors (Lipinski definition) is 2. The maximum atomic E-state index is 11.8. The van der Waals surface area contributed by atoms with Crippen LogP contribution < -0.4 is 5.32 Å². The van der Waals surface area contributed by atoms with Gasteiger partial charge in [0.1, 0.15) is 0 Å². The lowest BCUT2D eigenvalue weighted by Crippen LogP contribution is -2.44. The number of hydrogen-bond acceptors (Lipinski definition) is 2. The topological polar surface area (TPSA) is 49.3 Å². The van der Waals surface area contributed by atoms with Crippen LogP contribution >= 0.6 is 0 Å². The average Bonchev–Trinajstić information content (AvgIpc) is 2.97. The van der Waals surface area contributed by atoms with Crippen molar-refractivity contribution in [1.29, 1.82) is 0 Å². The average molecular weight is 211 g/mol. The molecule has 15 heavy (non-hydrogen) atoms. The van der Waals surface area contributed by atoms with Crippen LogP contribution in [-0.4, -0.2) is 24.2 Å². The summed E-state index contributed by atoms with van der Waals surface area (Å²) in [5.41, 5.74) is -0.0279. The highest BCUT2D eigenvalue weighted by Gasteiger charge is 2.49. The number of rotatable bonds is 5. The number of aliphatic hydroxyl groups excluding tert-OH is 1. The first-order chi connectivity index (χ1) is 7.16. The summed E-state index contributed by atoms with van der Waals surface area (Å²) in [6.45, 7) is 3.02. The smallest absolute Gasteiger partial charge is 0.228 e. The summed E-state index contributed by atoms with van der Waals surface area (Å²) in [5, 5.41) is 12.2. The largest absolute Gasteiger partial charge is 0.395 e. The minimum absolute atomic E-state index is 0.0119. The van der Waals surface area contributed by atoms with Gasteiger partial charge in [0.2, 0.25) is 5.91 Å². The second-order valence-electron chi connectivity index (χ2n) is 5.33. The van der Waals surface area contributed by atoms with Crippen molar-refractivity contribution in [2.75, 3.05) is 13.2 Å². The molecule has 2 rings (SSSR count). The quantitative estimate of drug-likeness (QED) is 0.723. The highest BCUT2D eigenvalue weighted by Crippen LogP contribution is 2.46. The molecule has 3 nitrogen and oxygen atoms in total. The molecule has 3 heteroatoms. The van der Waals surface area contributed by atoms with E-state index in [1.807, 2.05) is 0 Å². The van der Waals surface area contributed by atoms with Crippen LogP contribution in [0.2, 0.25) is 0 Å². The Morgan fingerprint density at radius 2 is 2.00 bits per heavy atom. The lowest BCUT2D eigenvalue weighted by Gasteiger charge is -2.41. The predicted octanol–water partition coefficient (Wildman–Crippen LogP) is 1.46. The van der Waals surface area contributed by atoms with Gasteiger partial charge in [0, 0.05) is 6.54 Å². The van der Waals surface area contributed by atoms with Crippen LogP contribution in [0.25, 0.3) is 0 Å². The van der Waals surface area contributed by atoms with Crippen molar-refractivity contribution in [2.24, 2.45) is 10.8 Å². The molecule has 1 amide bonds.